The van der Waals surface area contributed by atoms with Crippen molar-refractivity contribution >= 4 is 18.3 Å². The van der Waals surface area contributed by atoms with Crippen molar-refractivity contribution < 1.29 is 14.3 Å². The Bertz CT molecular complexity index is 816. The summed E-state index contributed by atoms with van der Waals surface area (Å²) in [5.74, 6) is 1.50. The lowest BCUT2D eigenvalue weighted by atomic mass is 9.87. The van der Waals surface area contributed by atoms with Gasteiger partial charge in [0.15, 0.2) is 11.5 Å². The number of ether oxygens (including phenoxy) is 2. The highest BCUT2D eigenvalue weighted by Crippen LogP contribution is 2.33. The first kappa shape index (κ1) is 22.4. The number of aromatic nitrogens is 2. The predicted molar refractivity (Wildman–Crippen MR) is 117 cm³/mol. The summed E-state index contributed by atoms with van der Waals surface area (Å²) in [5, 5.41) is 10.8. The second kappa shape index (κ2) is 10.2. The number of piperidine rings is 1. The van der Waals surface area contributed by atoms with E-state index in [1.165, 1.54) is 12.8 Å². The van der Waals surface area contributed by atoms with Crippen LogP contribution in [0.5, 0.6) is 11.5 Å². The van der Waals surface area contributed by atoms with E-state index in [1.54, 1.807) is 13.3 Å². The summed E-state index contributed by atoms with van der Waals surface area (Å²) in [6, 6.07) is 7.75. The molecule has 0 spiro atoms. The first-order chi connectivity index (χ1) is 14.2. The molecule has 1 saturated heterocycles. The topological polar surface area (TPSA) is 77.4 Å². The second-order valence-corrected chi connectivity index (χ2v) is 7.92. The molecule has 164 valence electrons. The molecule has 2 aromatic rings. The summed E-state index contributed by atoms with van der Waals surface area (Å²) in [6.07, 6.45) is 9.92. The molecule has 8 heteroatoms. The van der Waals surface area contributed by atoms with E-state index in [0.29, 0.717) is 6.54 Å². The van der Waals surface area contributed by atoms with Crippen molar-refractivity contribution in [2.45, 2.75) is 56.7 Å². The number of rotatable bonds is 7. The summed E-state index contributed by atoms with van der Waals surface area (Å²) in [6.45, 7) is 2.05. The number of methoxy groups -OCH3 is 1. The lowest BCUT2D eigenvalue weighted by Gasteiger charge is -2.36. The van der Waals surface area contributed by atoms with Gasteiger partial charge in [0.1, 0.15) is 5.54 Å². The van der Waals surface area contributed by atoms with Crippen LogP contribution in [0.3, 0.4) is 0 Å². The molecule has 2 heterocycles. The molecule has 1 amide bonds. The van der Waals surface area contributed by atoms with Crippen LogP contribution in [0.25, 0.3) is 0 Å². The fraction of sp³-hybridized carbons (Fsp3) is 0.545. The molecule has 0 atom stereocenters. The highest BCUT2D eigenvalue weighted by Gasteiger charge is 2.41. The van der Waals surface area contributed by atoms with Crippen LogP contribution in [0.2, 0.25) is 0 Å². The van der Waals surface area contributed by atoms with Crippen LogP contribution in [0.4, 0.5) is 0 Å². The van der Waals surface area contributed by atoms with Gasteiger partial charge >= 0.3 is 0 Å². The third-order valence-corrected chi connectivity index (χ3v) is 6.07. The minimum absolute atomic E-state index is 0. The maximum Gasteiger partial charge on any atom is 0.248 e. The third kappa shape index (κ3) is 4.73. The summed E-state index contributed by atoms with van der Waals surface area (Å²) in [4.78, 5) is 13.2. The van der Waals surface area contributed by atoms with Gasteiger partial charge in [-0.15, -0.1) is 12.4 Å². The Kier molecular flexibility index (Phi) is 7.61. The van der Waals surface area contributed by atoms with E-state index in [1.807, 2.05) is 35.1 Å². The molecule has 1 aliphatic heterocycles. The first-order valence-electron chi connectivity index (χ1n) is 10.5. The van der Waals surface area contributed by atoms with Crippen LogP contribution in [0.15, 0.2) is 36.7 Å². The molecule has 1 saturated carbocycles. The van der Waals surface area contributed by atoms with Gasteiger partial charge in [0.2, 0.25) is 5.91 Å². The highest BCUT2D eigenvalue weighted by atomic mass is 35.5. The molecule has 2 N–H and O–H groups in total. The van der Waals surface area contributed by atoms with Crippen molar-refractivity contribution in [2.24, 2.45) is 0 Å². The predicted octanol–water partition coefficient (Wildman–Crippen LogP) is 3.03. The summed E-state index contributed by atoms with van der Waals surface area (Å²) in [7, 11) is 1.66. The zero-order valence-electron chi connectivity index (χ0n) is 17.4. The molecule has 7 nitrogen and oxygen atoms in total. The number of nitrogens with one attached hydrogen (secondary N) is 2. The lowest BCUT2D eigenvalue weighted by molar-refractivity contribution is -0.132. The zero-order chi connectivity index (χ0) is 20.1. The van der Waals surface area contributed by atoms with Gasteiger partial charge in [0, 0.05) is 18.9 Å². The van der Waals surface area contributed by atoms with Crippen LogP contribution >= 0.6 is 12.4 Å². The van der Waals surface area contributed by atoms with Crippen molar-refractivity contribution in [1.29, 1.82) is 0 Å². The number of carbonyl (C=O) groups is 1. The van der Waals surface area contributed by atoms with Gasteiger partial charge < -0.3 is 20.1 Å². The average molecular weight is 435 g/mol. The van der Waals surface area contributed by atoms with Crippen molar-refractivity contribution in [1.82, 2.24) is 20.4 Å². The fourth-order valence-corrected chi connectivity index (χ4v) is 4.38. The molecule has 0 unspecified atom stereocenters. The van der Waals surface area contributed by atoms with Gasteiger partial charge in [-0.3, -0.25) is 9.48 Å². The van der Waals surface area contributed by atoms with E-state index in [2.05, 4.69) is 15.7 Å². The first-order valence-corrected chi connectivity index (χ1v) is 10.5. The van der Waals surface area contributed by atoms with Gasteiger partial charge in [0.05, 0.1) is 13.2 Å². The van der Waals surface area contributed by atoms with Crippen LogP contribution in [-0.2, 0) is 16.9 Å². The van der Waals surface area contributed by atoms with Crippen molar-refractivity contribution in [3.8, 4) is 11.5 Å². The molecule has 4 rings (SSSR count). The molecule has 30 heavy (non-hydrogen) atoms. The number of hydrogen-bond acceptors (Lipinski definition) is 5. The Morgan fingerprint density at radius 2 is 2.03 bits per heavy atom. The summed E-state index contributed by atoms with van der Waals surface area (Å²) >= 11 is 0. The molecular formula is C22H31ClN4O3. The normalized spacial score (nSPS) is 18.4. The molecule has 1 aliphatic carbocycles. The smallest absolute Gasteiger partial charge is 0.248 e. The Labute approximate surface area is 183 Å². The molecule has 0 radical (unpaired) electrons. The maximum atomic E-state index is 13.2. The monoisotopic (exact) mass is 434 g/mol. The number of hydrogen-bond donors (Lipinski definition) is 2. The number of benzene rings is 1. The second-order valence-electron chi connectivity index (χ2n) is 7.92. The molecule has 0 bridgehead atoms. The number of carbonyl (C=O) groups excluding carboxylic acids is 1. The quantitative estimate of drug-likeness (QED) is 0.700. The Hall–Kier alpha value is -2.25. The van der Waals surface area contributed by atoms with Crippen LogP contribution in [-0.4, -0.2) is 42.0 Å². The van der Waals surface area contributed by atoms with Crippen molar-refractivity contribution in [2.75, 3.05) is 20.2 Å². The summed E-state index contributed by atoms with van der Waals surface area (Å²) < 4.78 is 13.5. The number of halogens is 1. The SMILES string of the molecule is COc1ccc(CNC(=O)C2(n3cccn3)CCNCC2)cc1OC1CCCC1.Cl. The Balaban J connectivity index is 0.00000256. The van der Waals surface area contributed by atoms with Crippen LogP contribution in [0, 0.1) is 0 Å². The zero-order valence-corrected chi connectivity index (χ0v) is 18.2. The third-order valence-electron chi connectivity index (χ3n) is 6.07. The average Bonchev–Trinajstić information content (AvgIpc) is 3.47. The van der Waals surface area contributed by atoms with E-state index in [4.69, 9.17) is 9.47 Å². The van der Waals surface area contributed by atoms with E-state index < -0.39 is 5.54 Å². The number of amides is 1. The Morgan fingerprint density at radius 3 is 2.70 bits per heavy atom. The van der Waals surface area contributed by atoms with Crippen molar-refractivity contribution in [3.63, 3.8) is 0 Å². The standard InChI is InChI=1S/C22H30N4O3.ClH/c1-28-19-8-7-17(15-20(19)29-18-5-2-3-6-18)16-24-21(27)22(9-12-23-13-10-22)26-14-4-11-25-26;/h4,7-8,11,14-15,18,23H,2-3,5-6,9-10,12-13,16H2,1H3,(H,24,27);1H. The maximum absolute atomic E-state index is 13.2. The molecule has 1 aromatic carbocycles. The molecular weight excluding hydrogens is 404 g/mol. The van der Waals surface area contributed by atoms with Crippen LogP contribution < -0.4 is 20.1 Å². The van der Waals surface area contributed by atoms with Crippen LogP contribution in [0.1, 0.15) is 44.1 Å². The largest absolute Gasteiger partial charge is 0.493 e. The van der Waals surface area contributed by atoms with Gasteiger partial charge in [-0.1, -0.05) is 6.07 Å². The Morgan fingerprint density at radius 1 is 1.27 bits per heavy atom. The molecule has 2 fully saturated rings. The minimum Gasteiger partial charge on any atom is -0.493 e. The lowest BCUT2D eigenvalue weighted by Crippen LogP contribution is -2.54. The highest BCUT2D eigenvalue weighted by molar-refractivity contribution is 5.85. The van der Waals surface area contributed by atoms with E-state index >= 15 is 0 Å². The fourth-order valence-electron chi connectivity index (χ4n) is 4.38. The van der Waals surface area contributed by atoms with E-state index in [9.17, 15) is 4.79 Å². The van der Waals surface area contributed by atoms with Crippen molar-refractivity contribution in [3.05, 3.63) is 42.2 Å². The van der Waals surface area contributed by atoms with Gasteiger partial charge in [0.25, 0.3) is 0 Å². The van der Waals surface area contributed by atoms with Gasteiger partial charge in [-0.25, -0.2) is 0 Å². The van der Waals surface area contributed by atoms with Gasteiger partial charge in [-0.2, -0.15) is 5.10 Å². The van der Waals surface area contributed by atoms with E-state index in [-0.39, 0.29) is 24.4 Å². The van der Waals surface area contributed by atoms with Gasteiger partial charge in [-0.05, 0) is 75.4 Å². The molecule has 1 aromatic heterocycles. The number of nitrogens with zero attached hydrogens (tertiary/aromatic N) is 2. The summed E-state index contributed by atoms with van der Waals surface area (Å²) in [5.41, 5.74) is 0.362. The minimum atomic E-state index is -0.635. The molecule has 2 aliphatic rings. The van der Waals surface area contributed by atoms with E-state index in [0.717, 1.165) is 55.8 Å².